The molecule has 0 aliphatic heterocycles. The molecule has 102 valence electrons. The van der Waals surface area contributed by atoms with Gasteiger partial charge < -0.3 is 5.11 Å². The van der Waals surface area contributed by atoms with Gasteiger partial charge in [-0.3, -0.25) is 9.20 Å². The van der Waals surface area contributed by atoms with Gasteiger partial charge in [0.1, 0.15) is 5.82 Å². The van der Waals surface area contributed by atoms with Crippen LogP contribution in [-0.4, -0.2) is 25.7 Å². The Hall–Kier alpha value is -1.43. The highest BCUT2D eigenvalue weighted by molar-refractivity contribution is 9.10. The van der Waals surface area contributed by atoms with Crippen LogP contribution >= 0.6 is 15.9 Å². The van der Waals surface area contributed by atoms with Crippen molar-refractivity contribution in [1.82, 2.24) is 14.6 Å². The number of aromatic nitrogens is 3. The first-order valence-corrected chi connectivity index (χ1v) is 7.04. The fourth-order valence-corrected chi connectivity index (χ4v) is 2.55. The molecule has 19 heavy (non-hydrogen) atoms. The first kappa shape index (κ1) is 14.0. The van der Waals surface area contributed by atoms with E-state index < -0.39 is 11.4 Å². The number of carboxylic acids is 1. The van der Waals surface area contributed by atoms with E-state index in [2.05, 4.69) is 26.1 Å². The molecule has 0 saturated heterocycles. The van der Waals surface area contributed by atoms with Crippen molar-refractivity contribution in [3.05, 3.63) is 28.6 Å². The fourth-order valence-electron chi connectivity index (χ4n) is 2.21. The third-order valence-electron chi connectivity index (χ3n) is 3.74. The van der Waals surface area contributed by atoms with Gasteiger partial charge in [-0.15, -0.1) is 10.2 Å². The lowest BCUT2D eigenvalue weighted by Crippen LogP contribution is -2.32. The summed E-state index contributed by atoms with van der Waals surface area (Å²) in [5.41, 5.74) is -0.0460. The van der Waals surface area contributed by atoms with Gasteiger partial charge in [0.05, 0.1) is 5.41 Å². The fraction of sp³-hybridized carbons (Fsp3) is 0.462. The molecule has 0 aromatic carbocycles. The minimum Gasteiger partial charge on any atom is -0.481 e. The predicted octanol–water partition coefficient (Wildman–Crippen LogP) is 2.93. The van der Waals surface area contributed by atoms with E-state index in [1.54, 1.807) is 0 Å². The molecule has 0 bridgehead atoms. The quantitative estimate of drug-likeness (QED) is 0.917. The number of aliphatic carboxylic acids is 1. The maximum Gasteiger partial charge on any atom is 0.310 e. The zero-order valence-corrected chi connectivity index (χ0v) is 12.5. The summed E-state index contributed by atoms with van der Waals surface area (Å²) in [5.74, 6) is -0.0911. The Kier molecular flexibility index (Phi) is 3.89. The van der Waals surface area contributed by atoms with Gasteiger partial charge in [0.2, 0.25) is 0 Å². The lowest BCUT2D eigenvalue weighted by Gasteiger charge is -2.25. The number of halogens is 1. The molecule has 6 heteroatoms. The van der Waals surface area contributed by atoms with E-state index in [0.29, 0.717) is 25.1 Å². The number of fused-ring (bicyclic) bond motifs is 1. The average Bonchev–Trinajstić information content (AvgIpc) is 2.78. The Labute approximate surface area is 119 Å². The van der Waals surface area contributed by atoms with Crippen LogP contribution in [0.25, 0.3) is 5.65 Å². The largest absolute Gasteiger partial charge is 0.481 e. The molecule has 0 spiro atoms. The number of pyridine rings is 1. The molecule has 0 radical (unpaired) electrons. The molecule has 0 aliphatic rings. The number of hydrogen-bond donors (Lipinski definition) is 1. The van der Waals surface area contributed by atoms with Crippen LogP contribution in [0.1, 0.15) is 32.5 Å². The van der Waals surface area contributed by atoms with Crippen LogP contribution in [0.15, 0.2) is 22.8 Å². The lowest BCUT2D eigenvalue weighted by molar-refractivity contribution is -0.149. The molecule has 0 atom stereocenters. The minimum absolute atomic E-state index is 0.382. The van der Waals surface area contributed by atoms with Crippen molar-refractivity contribution >= 4 is 27.5 Å². The molecule has 0 unspecified atom stereocenters. The summed E-state index contributed by atoms with van der Waals surface area (Å²) in [6.07, 6.45) is 3.39. The summed E-state index contributed by atoms with van der Waals surface area (Å²) in [6, 6.07) is 3.73. The molecule has 0 fully saturated rings. The zero-order valence-electron chi connectivity index (χ0n) is 10.9. The second-order valence-electron chi connectivity index (χ2n) is 4.66. The van der Waals surface area contributed by atoms with E-state index in [1.165, 1.54) is 0 Å². The maximum atomic E-state index is 11.5. The normalized spacial score (nSPS) is 11.9. The molecule has 0 saturated carbocycles. The SMILES string of the molecule is CCC(CC)(Cc1nnc2ccc(Br)cn12)C(=O)O. The Morgan fingerprint density at radius 3 is 2.63 bits per heavy atom. The molecule has 0 amide bonds. The van der Waals surface area contributed by atoms with Crippen LogP contribution < -0.4 is 0 Å². The van der Waals surface area contributed by atoms with Gasteiger partial charge in [0.15, 0.2) is 5.65 Å². The van der Waals surface area contributed by atoms with E-state index in [-0.39, 0.29) is 0 Å². The Morgan fingerprint density at radius 1 is 1.37 bits per heavy atom. The summed E-state index contributed by atoms with van der Waals surface area (Å²) < 4.78 is 2.75. The zero-order chi connectivity index (χ0) is 14.0. The summed E-state index contributed by atoms with van der Waals surface area (Å²) in [4.78, 5) is 11.5. The van der Waals surface area contributed by atoms with Gasteiger partial charge in [-0.05, 0) is 40.9 Å². The van der Waals surface area contributed by atoms with Crippen molar-refractivity contribution in [2.75, 3.05) is 0 Å². The van der Waals surface area contributed by atoms with Crippen LogP contribution in [0.4, 0.5) is 0 Å². The smallest absolute Gasteiger partial charge is 0.310 e. The highest BCUT2D eigenvalue weighted by atomic mass is 79.9. The van der Waals surface area contributed by atoms with Crippen molar-refractivity contribution in [2.24, 2.45) is 5.41 Å². The van der Waals surface area contributed by atoms with E-state index >= 15 is 0 Å². The van der Waals surface area contributed by atoms with Gasteiger partial charge in [-0.1, -0.05) is 13.8 Å². The molecule has 2 rings (SSSR count). The molecule has 5 nitrogen and oxygen atoms in total. The number of nitrogens with zero attached hydrogens (tertiary/aromatic N) is 3. The molecular formula is C13H16BrN3O2. The van der Waals surface area contributed by atoms with Crippen molar-refractivity contribution in [3.63, 3.8) is 0 Å². The Balaban J connectivity index is 2.45. The average molecular weight is 326 g/mol. The van der Waals surface area contributed by atoms with Crippen molar-refractivity contribution < 1.29 is 9.90 Å². The second kappa shape index (κ2) is 5.28. The molecule has 2 heterocycles. The standard InChI is InChI=1S/C13H16BrN3O2/c1-3-13(4-2,12(18)19)7-11-16-15-10-6-5-9(14)8-17(10)11/h5-6,8H,3-4,7H2,1-2H3,(H,18,19). The summed E-state index contributed by atoms with van der Waals surface area (Å²) >= 11 is 3.40. The van der Waals surface area contributed by atoms with E-state index in [4.69, 9.17) is 0 Å². The topological polar surface area (TPSA) is 67.5 Å². The lowest BCUT2D eigenvalue weighted by atomic mass is 9.79. The van der Waals surface area contributed by atoms with Crippen LogP contribution in [0, 0.1) is 5.41 Å². The maximum absolute atomic E-state index is 11.5. The molecule has 1 N–H and O–H groups in total. The molecule has 2 aromatic heterocycles. The third-order valence-corrected chi connectivity index (χ3v) is 4.21. The van der Waals surface area contributed by atoms with E-state index in [0.717, 1.165) is 10.1 Å². The third kappa shape index (κ3) is 2.49. The van der Waals surface area contributed by atoms with Crippen molar-refractivity contribution in [3.8, 4) is 0 Å². The number of carboxylic acid groups (broad SMARTS) is 1. The van der Waals surface area contributed by atoms with E-state index in [1.807, 2.05) is 36.6 Å². The molecule has 0 aliphatic carbocycles. The second-order valence-corrected chi connectivity index (χ2v) is 5.58. The van der Waals surface area contributed by atoms with Gasteiger partial charge >= 0.3 is 5.97 Å². The number of rotatable bonds is 5. The minimum atomic E-state index is -0.774. The Morgan fingerprint density at radius 2 is 2.05 bits per heavy atom. The van der Waals surface area contributed by atoms with E-state index in [9.17, 15) is 9.90 Å². The Bertz CT molecular complexity index is 605. The first-order valence-electron chi connectivity index (χ1n) is 6.25. The summed E-state index contributed by atoms with van der Waals surface area (Å²) in [5, 5.41) is 17.7. The van der Waals surface area contributed by atoms with Gasteiger partial charge in [0, 0.05) is 17.1 Å². The summed E-state index contributed by atoms with van der Waals surface area (Å²) in [6.45, 7) is 3.80. The van der Waals surface area contributed by atoms with Crippen LogP contribution in [0.2, 0.25) is 0 Å². The van der Waals surface area contributed by atoms with Crippen LogP contribution in [0.3, 0.4) is 0 Å². The molecular weight excluding hydrogens is 310 g/mol. The molecule has 2 aromatic rings. The highest BCUT2D eigenvalue weighted by Crippen LogP contribution is 2.31. The van der Waals surface area contributed by atoms with Gasteiger partial charge in [0.25, 0.3) is 0 Å². The van der Waals surface area contributed by atoms with Crippen LogP contribution in [-0.2, 0) is 11.2 Å². The predicted molar refractivity (Wildman–Crippen MR) is 75.0 cm³/mol. The van der Waals surface area contributed by atoms with Crippen molar-refractivity contribution in [1.29, 1.82) is 0 Å². The van der Waals surface area contributed by atoms with Gasteiger partial charge in [-0.2, -0.15) is 0 Å². The van der Waals surface area contributed by atoms with Crippen LogP contribution in [0.5, 0.6) is 0 Å². The number of carbonyl (C=O) groups is 1. The summed E-state index contributed by atoms with van der Waals surface area (Å²) in [7, 11) is 0. The first-order chi connectivity index (χ1) is 9.02. The highest BCUT2D eigenvalue weighted by Gasteiger charge is 2.36. The van der Waals surface area contributed by atoms with Crippen molar-refractivity contribution in [2.45, 2.75) is 33.1 Å². The number of hydrogen-bond acceptors (Lipinski definition) is 3. The van der Waals surface area contributed by atoms with Gasteiger partial charge in [-0.25, -0.2) is 0 Å². The monoisotopic (exact) mass is 325 g/mol.